The van der Waals surface area contributed by atoms with Gasteiger partial charge in [0.25, 0.3) is 0 Å². The topological polar surface area (TPSA) is 62.7 Å². The maximum Gasteiger partial charge on any atom is 0.246 e. The smallest absolute Gasteiger partial charge is 0.246 e. The van der Waals surface area contributed by atoms with Gasteiger partial charge in [-0.25, -0.2) is 17.8 Å². The van der Waals surface area contributed by atoms with Gasteiger partial charge in [-0.2, -0.15) is 4.31 Å². The summed E-state index contributed by atoms with van der Waals surface area (Å²) in [6.07, 6.45) is 0. The van der Waals surface area contributed by atoms with Gasteiger partial charge in [0.15, 0.2) is 0 Å². The molecule has 3 aromatic rings. The van der Waals surface area contributed by atoms with Crippen LogP contribution in [0, 0.1) is 5.82 Å². The zero-order valence-corrected chi connectivity index (χ0v) is 18.8. The van der Waals surface area contributed by atoms with Crippen LogP contribution in [-0.4, -0.2) is 55.4 Å². The third-order valence-corrected chi connectivity index (χ3v) is 8.01. The van der Waals surface area contributed by atoms with Crippen molar-refractivity contribution in [2.45, 2.75) is 18.4 Å². The molecule has 2 aromatic carbocycles. The van der Waals surface area contributed by atoms with E-state index in [0.717, 1.165) is 22.0 Å². The third-order valence-electron chi connectivity index (χ3n) is 5.14. The average molecular weight is 462 g/mol. The predicted octanol–water partition coefficient (Wildman–Crippen LogP) is 3.85. The van der Waals surface area contributed by atoms with Gasteiger partial charge in [0.05, 0.1) is 12.3 Å². The number of thiazole rings is 1. The van der Waals surface area contributed by atoms with Crippen molar-refractivity contribution < 1.29 is 17.5 Å². The Balaban J connectivity index is 1.36. The van der Waals surface area contributed by atoms with Crippen molar-refractivity contribution in [2.24, 2.45) is 0 Å². The lowest BCUT2D eigenvalue weighted by molar-refractivity contribution is 0.180. The highest BCUT2D eigenvalue weighted by molar-refractivity contribution is 7.89. The minimum atomic E-state index is -3.82. The van der Waals surface area contributed by atoms with E-state index < -0.39 is 15.8 Å². The SMILES string of the molecule is CCOc1ccc(-c2nc(CN3CCN(S(=O)(=O)c4ccccc4F)CC3)cs2)cc1. The lowest BCUT2D eigenvalue weighted by atomic mass is 10.2. The minimum absolute atomic E-state index is 0.261. The summed E-state index contributed by atoms with van der Waals surface area (Å²) in [6, 6.07) is 13.4. The quantitative estimate of drug-likeness (QED) is 0.535. The molecule has 1 aliphatic rings. The highest BCUT2D eigenvalue weighted by Gasteiger charge is 2.30. The number of benzene rings is 2. The van der Waals surface area contributed by atoms with E-state index in [-0.39, 0.29) is 4.90 Å². The van der Waals surface area contributed by atoms with Gasteiger partial charge in [-0.1, -0.05) is 12.1 Å². The van der Waals surface area contributed by atoms with Crippen molar-refractivity contribution in [2.75, 3.05) is 32.8 Å². The third kappa shape index (κ3) is 4.95. The second-order valence-electron chi connectivity index (χ2n) is 7.21. The average Bonchev–Trinajstić information content (AvgIpc) is 3.23. The van der Waals surface area contributed by atoms with Crippen molar-refractivity contribution >= 4 is 21.4 Å². The van der Waals surface area contributed by atoms with Gasteiger partial charge in [0.2, 0.25) is 10.0 Å². The van der Waals surface area contributed by atoms with Crippen LogP contribution in [0.2, 0.25) is 0 Å². The summed E-state index contributed by atoms with van der Waals surface area (Å²) in [5, 5.41) is 2.98. The number of hydrogen-bond acceptors (Lipinski definition) is 6. The molecule has 0 bridgehead atoms. The molecule has 9 heteroatoms. The van der Waals surface area contributed by atoms with Crippen molar-refractivity contribution in [3.05, 3.63) is 65.4 Å². The molecule has 1 fully saturated rings. The minimum Gasteiger partial charge on any atom is -0.494 e. The van der Waals surface area contributed by atoms with E-state index in [0.29, 0.717) is 39.3 Å². The Labute approximate surface area is 186 Å². The molecule has 0 N–H and O–H groups in total. The molecular weight excluding hydrogens is 437 g/mol. The zero-order chi connectivity index (χ0) is 21.8. The van der Waals surface area contributed by atoms with Crippen LogP contribution in [0.25, 0.3) is 10.6 Å². The van der Waals surface area contributed by atoms with Crippen LogP contribution in [0.3, 0.4) is 0 Å². The second-order valence-corrected chi connectivity index (χ2v) is 9.98. The molecule has 0 saturated carbocycles. The molecule has 0 radical (unpaired) electrons. The molecule has 0 atom stereocenters. The number of rotatable bonds is 7. The molecule has 1 saturated heterocycles. The fourth-order valence-electron chi connectivity index (χ4n) is 3.52. The molecule has 2 heterocycles. The van der Waals surface area contributed by atoms with Crippen LogP contribution < -0.4 is 4.74 Å². The largest absolute Gasteiger partial charge is 0.494 e. The van der Waals surface area contributed by atoms with Crippen LogP contribution in [-0.2, 0) is 16.6 Å². The fraction of sp³-hybridized carbons (Fsp3) is 0.318. The van der Waals surface area contributed by atoms with E-state index in [2.05, 4.69) is 4.90 Å². The van der Waals surface area contributed by atoms with Crippen LogP contribution in [0.15, 0.2) is 58.8 Å². The normalized spacial score (nSPS) is 15.8. The Hall–Kier alpha value is -2.33. The van der Waals surface area contributed by atoms with Crippen LogP contribution in [0.4, 0.5) is 4.39 Å². The van der Waals surface area contributed by atoms with Crippen LogP contribution in [0.5, 0.6) is 5.75 Å². The Morgan fingerprint density at radius 1 is 1.06 bits per heavy atom. The molecule has 31 heavy (non-hydrogen) atoms. The Morgan fingerprint density at radius 2 is 1.77 bits per heavy atom. The summed E-state index contributed by atoms with van der Waals surface area (Å²) in [4.78, 5) is 6.64. The lowest BCUT2D eigenvalue weighted by Gasteiger charge is -2.33. The lowest BCUT2D eigenvalue weighted by Crippen LogP contribution is -2.48. The maximum absolute atomic E-state index is 14.0. The Bertz CT molecular complexity index is 1120. The highest BCUT2D eigenvalue weighted by atomic mass is 32.2. The molecular formula is C22H24FN3O3S2. The molecule has 0 spiro atoms. The van der Waals surface area contributed by atoms with Gasteiger partial charge in [-0.15, -0.1) is 11.3 Å². The van der Waals surface area contributed by atoms with E-state index >= 15 is 0 Å². The van der Waals surface area contributed by atoms with Crippen molar-refractivity contribution in [1.82, 2.24) is 14.2 Å². The van der Waals surface area contributed by atoms with Gasteiger partial charge in [-0.3, -0.25) is 4.90 Å². The van der Waals surface area contributed by atoms with E-state index in [9.17, 15) is 12.8 Å². The van der Waals surface area contributed by atoms with Crippen molar-refractivity contribution in [1.29, 1.82) is 0 Å². The highest BCUT2D eigenvalue weighted by Crippen LogP contribution is 2.27. The van der Waals surface area contributed by atoms with Gasteiger partial charge in [0.1, 0.15) is 21.5 Å². The van der Waals surface area contributed by atoms with Gasteiger partial charge >= 0.3 is 0 Å². The first-order valence-electron chi connectivity index (χ1n) is 10.1. The second kappa shape index (κ2) is 9.44. The summed E-state index contributed by atoms with van der Waals surface area (Å²) in [6.45, 7) is 5.04. The molecule has 0 unspecified atom stereocenters. The molecule has 4 rings (SSSR count). The summed E-state index contributed by atoms with van der Waals surface area (Å²) < 4.78 is 46.3. The maximum atomic E-state index is 14.0. The number of halogens is 1. The fourth-order valence-corrected chi connectivity index (χ4v) is 5.83. The molecule has 1 aliphatic heterocycles. The number of aromatic nitrogens is 1. The van der Waals surface area contributed by atoms with Crippen LogP contribution >= 0.6 is 11.3 Å². The van der Waals surface area contributed by atoms with Gasteiger partial charge < -0.3 is 4.74 Å². The van der Waals surface area contributed by atoms with Crippen molar-refractivity contribution in [3.8, 4) is 16.3 Å². The number of hydrogen-bond donors (Lipinski definition) is 0. The first kappa shape index (κ1) is 21.9. The van der Waals surface area contributed by atoms with E-state index in [1.165, 1.54) is 28.6 Å². The number of ether oxygens (including phenoxy) is 1. The molecule has 1 aromatic heterocycles. The standard InChI is InChI=1S/C22H24FN3O3S2/c1-2-29-19-9-7-17(8-10-19)22-24-18(16-30-22)15-25-11-13-26(14-12-25)31(27,28)21-6-4-3-5-20(21)23/h3-10,16H,2,11-15H2,1H3. The summed E-state index contributed by atoms with van der Waals surface area (Å²) in [7, 11) is -3.82. The summed E-state index contributed by atoms with van der Waals surface area (Å²) in [5.74, 6) is 0.125. The van der Waals surface area contributed by atoms with Crippen molar-refractivity contribution in [3.63, 3.8) is 0 Å². The van der Waals surface area contributed by atoms with Gasteiger partial charge in [-0.05, 0) is 43.3 Å². The van der Waals surface area contributed by atoms with E-state index in [1.54, 1.807) is 11.3 Å². The monoisotopic (exact) mass is 461 g/mol. The number of sulfonamides is 1. The Kier molecular flexibility index (Phi) is 6.66. The predicted molar refractivity (Wildman–Crippen MR) is 119 cm³/mol. The van der Waals surface area contributed by atoms with E-state index in [1.807, 2.05) is 36.6 Å². The number of piperazine rings is 1. The number of nitrogens with zero attached hydrogens (tertiary/aromatic N) is 3. The van der Waals surface area contributed by atoms with Crippen LogP contribution in [0.1, 0.15) is 12.6 Å². The summed E-state index contributed by atoms with van der Waals surface area (Å²) in [5.41, 5.74) is 2.00. The molecule has 6 nitrogen and oxygen atoms in total. The Morgan fingerprint density at radius 3 is 2.45 bits per heavy atom. The first-order valence-corrected chi connectivity index (χ1v) is 12.4. The summed E-state index contributed by atoms with van der Waals surface area (Å²) >= 11 is 1.59. The molecule has 0 amide bonds. The molecule has 164 valence electrons. The zero-order valence-electron chi connectivity index (χ0n) is 17.2. The van der Waals surface area contributed by atoms with E-state index in [4.69, 9.17) is 9.72 Å². The molecule has 0 aliphatic carbocycles. The van der Waals surface area contributed by atoms with Gasteiger partial charge in [0, 0.05) is 43.7 Å². The first-order chi connectivity index (χ1) is 15.0.